The Balaban J connectivity index is 1.40. The number of carbonyl (C=O) groups is 1. The van der Waals surface area contributed by atoms with Crippen molar-refractivity contribution in [2.75, 3.05) is 58.5 Å². The van der Waals surface area contributed by atoms with E-state index in [2.05, 4.69) is 42.7 Å². The van der Waals surface area contributed by atoms with E-state index in [1.165, 1.54) is 22.3 Å². The Hall–Kier alpha value is -2.73. The molecular formula is C29H40N2O4. The summed E-state index contributed by atoms with van der Waals surface area (Å²) in [5.41, 5.74) is 6.45. The van der Waals surface area contributed by atoms with Gasteiger partial charge in [0.05, 0.1) is 19.4 Å². The minimum absolute atomic E-state index is 0.0127. The molecule has 2 aromatic rings. The summed E-state index contributed by atoms with van der Waals surface area (Å²) in [6.07, 6.45) is 3.03. The fraction of sp³-hybridized carbons (Fsp3) is 0.552. The van der Waals surface area contributed by atoms with Crippen molar-refractivity contribution < 1.29 is 19.0 Å². The van der Waals surface area contributed by atoms with E-state index >= 15 is 0 Å². The lowest BCUT2D eigenvalue weighted by Crippen LogP contribution is -2.51. The first kappa shape index (κ1) is 25.4. The second-order valence-corrected chi connectivity index (χ2v) is 9.89. The first-order valence-electron chi connectivity index (χ1n) is 12.8. The van der Waals surface area contributed by atoms with Crippen molar-refractivity contribution in [2.45, 2.75) is 40.0 Å². The van der Waals surface area contributed by atoms with Crippen molar-refractivity contribution in [3.8, 4) is 11.5 Å². The van der Waals surface area contributed by atoms with Crippen LogP contribution in [0.25, 0.3) is 0 Å². The summed E-state index contributed by atoms with van der Waals surface area (Å²) in [6, 6.07) is 10.3. The molecule has 6 heteroatoms. The van der Waals surface area contributed by atoms with Crippen LogP contribution in [0, 0.1) is 25.7 Å². The highest BCUT2D eigenvalue weighted by Crippen LogP contribution is 2.38. The zero-order valence-corrected chi connectivity index (χ0v) is 21.9. The van der Waals surface area contributed by atoms with Gasteiger partial charge in [-0.25, -0.2) is 0 Å². The van der Waals surface area contributed by atoms with Crippen LogP contribution in [0.2, 0.25) is 0 Å². The summed E-state index contributed by atoms with van der Waals surface area (Å²) in [5, 5.41) is 0. The molecular weight excluding hydrogens is 440 g/mol. The van der Waals surface area contributed by atoms with Crippen LogP contribution in [-0.2, 0) is 22.4 Å². The lowest BCUT2D eigenvalue weighted by molar-refractivity contribution is -0.137. The number of benzene rings is 2. The number of rotatable bonds is 8. The molecule has 1 fully saturated rings. The fourth-order valence-corrected chi connectivity index (χ4v) is 5.68. The Kier molecular flexibility index (Phi) is 8.22. The van der Waals surface area contributed by atoms with Crippen molar-refractivity contribution >= 4 is 11.6 Å². The predicted octanol–water partition coefficient (Wildman–Crippen LogP) is 4.43. The minimum atomic E-state index is 0.0127. The van der Waals surface area contributed by atoms with Crippen molar-refractivity contribution in [3.63, 3.8) is 0 Å². The predicted molar refractivity (Wildman–Crippen MR) is 140 cm³/mol. The van der Waals surface area contributed by atoms with E-state index < -0.39 is 0 Å². The van der Waals surface area contributed by atoms with Crippen molar-refractivity contribution in [1.82, 2.24) is 4.90 Å². The molecule has 1 aliphatic heterocycles. The number of fused-ring (bicyclic) bond motifs is 1. The fourth-order valence-electron chi connectivity index (χ4n) is 5.68. The van der Waals surface area contributed by atoms with Gasteiger partial charge < -0.3 is 24.0 Å². The van der Waals surface area contributed by atoms with E-state index in [-0.39, 0.29) is 5.92 Å². The van der Waals surface area contributed by atoms with Gasteiger partial charge in [-0.1, -0.05) is 19.1 Å². The Labute approximate surface area is 210 Å². The Morgan fingerprint density at radius 3 is 2.49 bits per heavy atom. The van der Waals surface area contributed by atoms with Gasteiger partial charge in [-0.15, -0.1) is 0 Å². The molecule has 4 rings (SSSR count). The number of methoxy groups -OCH3 is 2. The largest absolute Gasteiger partial charge is 0.495 e. The van der Waals surface area contributed by atoms with E-state index in [0.717, 1.165) is 62.6 Å². The van der Waals surface area contributed by atoms with Crippen LogP contribution in [0.3, 0.4) is 0 Å². The quantitative estimate of drug-likeness (QED) is 0.524. The van der Waals surface area contributed by atoms with Crippen LogP contribution >= 0.6 is 0 Å². The third-order valence-corrected chi connectivity index (χ3v) is 7.90. The first-order valence-corrected chi connectivity index (χ1v) is 12.8. The number of para-hydroxylation sites is 2. The van der Waals surface area contributed by atoms with Crippen molar-refractivity contribution in [3.05, 3.63) is 52.6 Å². The summed E-state index contributed by atoms with van der Waals surface area (Å²) in [7, 11) is 3.40. The lowest BCUT2D eigenvalue weighted by atomic mass is 9.74. The number of ether oxygens (including phenoxy) is 3. The smallest absolute Gasteiger partial charge is 0.225 e. The third-order valence-electron chi connectivity index (χ3n) is 7.90. The van der Waals surface area contributed by atoms with Gasteiger partial charge in [0.15, 0.2) is 0 Å². The standard InChI is InChI=1S/C29H40N2O4/c1-20-18-28(35-17-16-33-4)22(3)25-19-23(10-11-24(20)25)21(2)29(32)31-14-12-30(13-15-31)26-8-6-7-9-27(26)34-5/h6-9,18,21,23H,10-17,19H2,1-5H3/t21-,23+/m0/s1. The molecule has 1 heterocycles. The monoisotopic (exact) mass is 480 g/mol. The van der Waals surface area contributed by atoms with E-state index in [4.69, 9.17) is 14.2 Å². The van der Waals surface area contributed by atoms with Crippen molar-refractivity contribution in [2.24, 2.45) is 11.8 Å². The SMILES string of the molecule is COCCOc1cc(C)c2c(c1C)C[C@H]([C@H](C)C(=O)N1CCN(c3ccccc3OC)CC1)CC2. The van der Waals surface area contributed by atoms with Crippen LogP contribution in [0.4, 0.5) is 5.69 Å². The molecule has 190 valence electrons. The maximum Gasteiger partial charge on any atom is 0.225 e. The average molecular weight is 481 g/mol. The van der Waals surface area contributed by atoms with Gasteiger partial charge in [0, 0.05) is 39.2 Å². The number of nitrogens with zero attached hydrogens (tertiary/aromatic N) is 2. The molecule has 2 atom stereocenters. The summed E-state index contributed by atoms with van der Waals surface area (Å²) >= 11 is 0. The molecule has 0 N–H and O–H groups in total. The number of aryl methyl sites for hydroxylation is 1. The van der Waals surface area contributed by atoms with Gasteiger partial charge in [0.25, 0.3) is 0 Å². The molecule has 1 amide bonds. The molecule has 6 nitrogen and oxygen atoms in total. The zero-order valence-electron chi connectivity index (χ0n) is 21.9. The topological polar surface area (TPSA) is 51.2 Å². The number of anilines is 1. The molecule has 35 heavy (non-hydrogen) atoms. The zero-order chi connectivity index (χ0) is 24.9. The number of carbonyl (C=O) groups excluding carboxylic acids is 1. The van der Waals surface area contributed by atoms with Gasteiger partial charge in [0.1, 0.15) is 18.1 Å². The molecule has 1 saturated heterocycles. The second-order valence-electron chi connectivity index (χ2n) is 9.89. The molecule has 0 spiro atoms. The number of hydrogen-bond acceptors (Lipinski definition) is 5. The van der Waals surface area contributed by atoms with Gasteiger partial charge in [-0.05, 0) is 79.5 Å². The highest BCUT2D eigenvalue weighted by atomic mass is 16.5. The van der Waals surface area contributed by atoms with Crippen LogP contribution in [0.5, 0.6) is 11.5 Å². The molecule has 0 radical (unpaired) electrons. The summed E-state index contributed by atoms with van der Waals surface area (Å²) in [5.74, 6) is 2.50. The van der Waals surface area contributed by atoms with E-state index in [9.17, 15) is 4.79 Å². The lowest BCUT2D eigenvalue weighted by Gasteiger charge is -2.39. The summed E-state index contributed by atoms with van der Waals surface area (Å²) in [6.45, 7) is 10.7. The molecule has 0 aromatic heterocycles. The number of piperazine rings is 1. The summed E-state index contributed by atoms with van der Waals surface area (Å²) in [4.78, 5) is 17.9. The van der Waals surface area contributed by atoms with E-state index in [0.29, 0.717) is 25.0 Å². The Morgan fingerprint density at radius 2 is 1.77 bits per heavy atom. The average Bonchev–Trinajstić information content (AvgIpc) is 2.90. The van der Waals surface area contributed by atoms with Crippen LogP contribution < -0.4 is 14.4 Å². The van der Waals surface area contributed by atoms with E-state index in [1.54, 1.807) is 14.2 Å². The highest BCUT2D eigenvalue weighted by molar-refractivity contribution is 5.79. The molecule has 0 unspecified atom stereocenters. The normalized spacial score (nSPS) is 18.7. The van der Waals surface area contributed by atoms with Gasteiger partial charge >= 0.3 is 0 Å². The Morgan fingerprint density at radius 1 is 1.03 bits per heavy atom. The molecule has 1 aliphatic carbocycles. The molecule has 0 saturated carbocycles. The van der Waals surface area contributed by atoms with Crippen LogP contribution in [0.15, 0.2) is 30.3 Å². The number of amides is 1. The van der Waals surface area contributed by atoms with Gasteiger partial charge in [-0.3, -0.25) is 4.79 Å². The molecule has 2 aromatic carbocycles. The maximum absolute atomic E-state index is 13.5. The molecule has 2 aliphatic rings. The first-order chi connectivity index (χ1) is 16.9. The second kappa shape index (κ2) is 11.3. The Bertz CT molecular complexity index is 1030. The minimum Gasteiger partial charge on any atom is -0.495 e. The van der Waals surface area contributed by atoms with Crippen LogP contribution in [0.1, 0.15) is 35.6 Å². The molecule has 0 bridgehead atoms. The van der Waals surface area contributed by atoms with Gasteiger partial charge in [-0.2, -0.15) is 0 Å². The highest BCUT2D eigenvalue weighted by Gasteiger charge is 2.33. The maximum atomic E-state index is 13.5. The van der Waals surface area contributed by atoms with E-state index in [1.807, 2.05) is 18.2 Å². The third kappa shape index (κ3) is 5.43. The number of hydrogen-bond donors (Lipinski definition) is 0. The van der Waals surface area contributed by atoms with Crippen LogP contribution in [-0.4, -0.2) is 64.4 Å². The summed E-state index contributed by atoms with van der Waals surface area (Å²) < 4.78 is 16.7. The van der Waals surface area contributed by atoms with Gasteiger partial charge in [0.2, 0.25) is 5.91 Å². The van der Waals surface area contributed by atoms with Crippen molar-refractivity contribution in [1.29, 1.82) is 0 Å².